The van der Waals surface area contributed by atoms with E-state index in [0.29, 0.717) is 11.3 Å². The molecule has 0 atom stereocenters. The van der Waals surface area contributed by atoms with Gasteiger partial charge in [0.05, 0.1) is 5.69 Å². The van der Waals surface area contributed by atoms with Gasteiger partial charge in [0.2, 0.25) is 0 Å². The minimum Gasteiger partial charge on any atom is -0.478 e. The zero-order chi connectivity index (χ0) is 15.7. The molecule has 0 radical (unpaired) electrons. The summed E-state index contributed by atoms with van der Waals surface area (Å²) >= 11 is 2.07. The van der Waals surface area contributed by atoms with Crippen molar-refractivity contribution in [3.05, 3.63) is 56.4 Å². The standard InChI is InChI=1S/C14H9F3INO2/c1-6-4-7(18)2-3-10(6)19-13-11(14(20)21)8(15)5-9(16)12(13)17/h2-5,19H,1H3,(H,20,21). The molecule has 0 aliphatic heterocycles. The SMILES string of the molecule is Cc1cc(I)ccc1Nc1c(F)c(F)cc(F)c1C(=O)O. The molecule has 0 saturated carbocycles. The summed E-state index contributed by atoms with van der Waals surface area (Å²) in [6, 6.07) is 5.25. The Morgan fingerprint density at radius 1 is 1.19 bits per heavy atom. The van der Waals surface area contributed by atoms with Gasteiger partial charge in [-0.25, -0.2) is 18.0 Å². The molecule has 7 heteroatoms. The summed E-state index contributed by atoms with van der Waals surface area (Å²) in [5.41, 5.74) is -0.625. The molecular weight excluding hydrogens is 398 g/mol. The number of halogens is 4. The van der Waals surface area contributed by atoms with Gasteiger partial charge in [-0.05, 0) is 53.3 Å². The third-order valence-electron chi connectivity index (χ3n) is 2.83. The Balaban J connectivity index is 2.60. The van der Waals surface area contributed by atoms with Crippen LogP contribution in [0, 0.1) is 27.9 Å². The summed E-state index contributed by atoms with van der Waals surface area (Å²) in [4.78, 5) is 11.1. The first-order valence-corrected chi connectivity index (χ1v) is 6.83. The molecular formula is C14H9F3INO2. The summed E-state index contributed by atoms with van der Waals surface area (Å²) in [6.07, 6.45) is 0. The van der Waals surface area contributed by atoms with Gasteiger partial charge < -0.3 is 10.4 Å². The Kier molecular flexibility index (Phi) is 4.40. The molecule has 0 fully saturated rings. The highest BCUT2D eigenvalue weighted by Crippen LogP contribution is 2.30. The van der Waals surface area contributed by atoms with Crippen molar-refractivity contribution in [1.82, 2.24) is 0 Å². The molecule has 0 aromatic heterocycles. The van der Waals surface area contributed by atoms with E-state index in [1.54, 1.807) is 25.1 Å². The van der Waals surface area contributed by atoms with Crippen LogP contribution in [0.5, 0.6) is 0 Å². The molecule has 3 nitrogen and oxygen atoms in total. The van der Waals surface area contributed by atoms with Crippen molar-refractivity contribution in [2.45, 2.75) is 6.92 Å². The first-order valence-electron chi connectivity index (χ1n) is 5.75. The van der Waals surface area contributed by atoms with Gasteiger partial charge in [0.1, 0.15) is 11.4 Å². The Labute approximate surface area is 131 Å². The fourth-order valence-corrected chi connectivity index (χ4v) is 2.47. The summed E-state index contributed by atoms with van der Waals surface area (Å²) in [7, 11) is 0. The number of aromatic carboxylic acids is 1. The van der Waals surface area contributed by atoms with Crippen LogP contribution in [0.1, 0.15) is 15.9 Å². The third-order valence-corrected chi connectivity index (χ3v) is 3.50. The zero-order valence-electron chi connectivity index (χ0n) is 10.7. The summed E-state index contributed by atoms with van der Waals surface area (Å²) in [5.74, 6) is -5.92. The van der Waals surface area contributed by atoms with Crippen LogP contribution in [0.3, 0.4) is 0 Å². The average Bonchev–Trinajstić information content (AvgIpc) is 2.38. The second kappa shape index (κ2) is 5.92. The van der Waals surface area contributed by atoms with Gasteiger partial charge in [-0.2, -0.15) is 0 Å². The van der Waals surface area contributed by atoms with E-state index in [1.165, 1.54) is 0 Å². The molecule has 0 bridgehead atoms. The van der Waals surface area contributed by atoms with Crippen LogP contribution in [0.25, 0.3) is 0 Å². The quantitative estimate of drug-likeness (QED) is 0.584. The van der Waals surface area contributed by atoms with Crippen LogP contribution in [0.4, 0.5) is 24.5 Å². The van der Waals surface area contributed by atoms with Crippen molar-refractivity contribution in [3.63, 3.8) is 0 Å². The molecule has 2 N–H and O–H groups in total. The summed E-state index contributed by atoms with van der Waals surface area (Å²) in [6.45, 7) is 1.71. The predicted octanol–water partition coefficient (Wildman–Crippen LogP) is 4.46. The summed E-state index contributed by atoms with van der Waals surface area (Å²) < 4.78 is 41.6. The number of carbonyl (C=O) groups is 1. The van der Waals surface area contributed by atoms with Crippen LogP contribution < -0.4 is 5.32 Å². The molecule has 21 heavy (non-hydrogen) atoms. The number of rotatable bonds is 3. The largest absolute Gasteiger partial charge is 0.478 e. The van der Waals surface area contributed by atoms with Crippen molar-refractivity contribution in [2.24, 2.45) is 0 Å². The van der Waals surface area contributed by atoms with Crippen molar-refractivity contribution in [3.8, 4) is 0 Å². The molecule has 2 aromatic rings. The highest BCUT2D eigenvalue weighted by molar-refractivity contribution is 14.1. The second-order valence-electron chi connectivity index (χ2n) is 4.29. The number of nitrogens with one attached hydrogen (secondary N) is 1. The molecule has 0 spiro atoms. The number of hydrogen-bond acceptors (Lipinski definition) is 2. The van der Waals surface area contributed by atoms with Crippen molar-refractivity contribution in [1.29, 1.82) is 0 Å². The number of benzene rings is 2. The predicted molar refractivity (Wildman–Crippen MR) is 80.5 cm³/mol. The Morgan fingerprint density at radius 2 is 1.86 bits per heavy atom. The molecule has 0 aliphatic carbocycles. The lowest BCUT2D eigenvalue weighted by Crippen LogP contribution is -2.10. The van der Waals surface area contributed by atoms with Crippen molar-refractivity contribution in [2.75, 3.05) is 5.32 Å². The van der Waals surface area contributed by atoms with E-state index in [0.717, 1.165) is 3.57 Å². The van der Waals surface area contributed by atoms with Gasteiger partial charge in [-0.15, -0.1) is 0 Å². The maximum absolute atomic E-state index is 13.8. The second-order valence-corrected chi connectivity index (χ2v) is 5.54. The van der Waals surface area contributed by atoms with Gasteiger partial charge in [0, 0.05) is 15.3 Å². The maximum atomic E-state index is 13.8. The fourth-order valence-electron chi connectivity index (χ4n) is 1.82. The van der Waals surface area contributed by atoms with Gasteiger partial charge in [-0.1, -0.05) is 0 Å². The smallest absolute Gasteiger partial charge is 0.340 e. The average molecular weight is 407 g/mol. The molecule has 2 aromatic carbocycles. The van der Waals surface area contributed by atoms with E-state index >= 15 is 0 Å². The normalized spacial score (nSPS) is 10.5. The molecule has 2 rings (SSSR count). The monoisotopic (exact) mass is 407 g/mol. The zero-order valence-corrected chi connectivity index (χ0v) is 12.8. The van der Waals surface area contributed by atoms with Gasteiger partial charge >= 0.3 is 5.97 Å². The van der Waals surface area contributed by atoms with E-state index in [1.807, 2.05) is 0 Å². The topological polar surface area (TPSA) is 49.3 Å². The summed E-state index contributed by atoms with van der Waals surface area (Å²) in [5, 5.41) is 11.4. The van der Waals surface area contributed by atoms with Gasteiger partial charge in [0.15, 0.2) is 11.6 Å². The lowest BCUT2D eigenvalue weighted by molar-refractivity contribution is 0.0692. The van der Waals surface area contributed by atoms with Gasteiger partial charge in [-0.3, -0.25) is 0 Å². The Hall–Kier alpha value is -1.77. The minimum atomic E-state index is -1.68. The molecule has 0 unspecified atom stereocenters. The highest BCUT2D eigenvalue weighted by Gasteiger charge is 2.24. The van der Waals surface area contributed by atoms with Crippen LogP contribution in [0.2, 0.25) is 0 Å². The molecule has 0 amide bonds. The molecule has 0 heterocycles. The fraction of sp³-hybridized carbons (Fsp3) is 0.0714. The van der Waals surface area contributed by atoms with E-state index in [9.17, 15) is 18.0 Å². The molecule has 0 aliphatic rings. The van der Waals surface area contributed by atoms with E-state index in [-0.39, 0.29) is 6.07 Å². The lowest BCUT2D eigenvalue weighted by Gasteiger charge is -2.14. The number of carboxylic acid groups (broad SMARTS) is 1. The number of hydrogen-bond donors (Lipinski definition) is 2. The Bertz CT molecular complexity index is 735. The van der Waals surface area contributed by atoms with Gasteiger partial charge in [0.25, 0.3) is 0 Å². The lowest BCUT2D eigenvalue weighted by atomic mass is 10.1. The van der Waals surface area contributed by atoms with E-state index in [2.05, 4.69) is 27.9 Å². The number of carboxylic acids is 1. The van der Waals surface area contributed by atoms with E-state index < -0.39 is 34.7 Å². The van der Waals surface area contributed by atoms with Crippen LogP contribution in [0.15, 0.2) is 24.3 Å². The first kappa shape index (κ1) is 15.6. The van der Waals surface area contributed by atoms with Crippen molar-refractivity contribution < 1.29 is 23.1 Å². The number of aryl methyl sites for hydroxylation is 1. The van der Waals surface area contributed by atoms with Crippen LogP contribution in [-0.2, 0) is 0 Å². The molecule has 110 valence electrons. The minimum absolute atomic E-state index is 0.213. The third kappa shape index (κ3) is 3.12. The first-order chi connectivity index (χ1) is 9.81. The maximum Gasteiger partial charge on any atom is 0.340 e. The molecule has 0 saturated heterocycles. The van der Waals surface area contributed by atoms with Crippen LogP contribution >= 0.6 is 22.6 Å². The number of anilines is 2. The highest BCUT2D eigenvalue weighted by atomic mass is 127. The van der Waals surface area contributed by atoms with Crippen molar-refractivity contribution >= 4 is 39.9 Å². The Morgan fingerprint density at radius 3 is 2.43 bits per heavy atom. The van der Waals surface area contributed by atoms with Crippen LogP contribution in [-0.4, -0.2) is 11.1 Å². The van der Waals surface area contributed by atoms with E-state index in [4.69, 9.17) is 5.11 Å².